The van der Waals surface area contributed by atoms with Gasteiger partial charge in [0.1, 0.15) is 5.76 Å². The largest absolute Gasteiger partial charge is 0.361 e. The highest BCUT2D eigenvalue weighted by Crippen LogP contribution is 2.23. The van der Waals surface area contributed by atoms with Crippen LogP contribution in [0.25, 0.3) is 0 Å². The third-order valence-electron chi connectivity index (χ3n) is 4.06. The number of carbonyl (C=O) groups excluding carboxylic acids is 2. The molecule has 0 N–H and O–H groups in total. The maximum absolute atomic E-state index is 12.4. The number of piperidine rings is 1. The Morgan fingerprint density at radius 1 is 1.18 bits per heavy atom. The average molecular weight is 298 g/mol. The first-order valence-electron chi connectivity index (χ1n) is 7.47. The lowest BCUT2D eigenvalue weighted by molar-refractivity contribution is 0.0642. The maximum atomic E-state index is 12.4. The number of nitrogens with zero attached hydrogens (tertiary/aromatic N) is 2. The molecule has 0 aliphatic carbocycles. The van der Waals surface area contributed by atoms with Gasteiger partial charge in [-0.05, 0) is 19.8 Å². The Bertz CT molecular complexity index is 670. The van der Waals surface area contributed by atoms with Crippen LogP contribution in [0.5, 0.6) is 0 Å². The summed E-state index contributed by atoms with van der Waals surface area (Å²) >= 11 is 0. The second-order valence-corrected chi connectivity index (χ2v) is 5.62. The standard InChI is InChI=1S/C17H18N2O3/c1-12-11-15(18-22-12)17(21)19-9-7-14(8-10-19)16(20)13-5-3-2-4-6-13/h2-6,11,14H,7-10H2,1H3. The molecule has 0 spiro atoms. The van der Waals surface area contributed by atoms with Gasteiger partial charge in [0.15, 0.2) is 11.5 Å². The number of carbonyl (C=O) groups is 2. The SMILES string of the molecule is Cc1cc(C(=O)N2CCC(C(=O)c3ccccc3)CC2)no1. The second-order valence-electron chi connectivity index (χ2n) is 5.62. The van der Waals surface area contributed by atoms with Crippen LogP contribution < -0.4 is 0 Å². The summed E-state index contributed by atoms with van der Waals surface area (Å²) < 4.78 is 4.94. The number of hydrogen-bond acceptors (Lipinski definition) is 4. The Hall–Kier alpha value is -2.43. The molecule has 0 unspecified atom stereocenters. The van der Waals surface area contributed by atoms with Gasteiger partial charge in [0.2, 0.25) is 0 Å². The Morgan fingerprint density at radius 3 is 2.45 bits per heavy atom. The van der Waals surface area contributed by atoms with Crippen LogP contribution >= 0.6 is 0 Å². The van der Waals surface area contributed by atoms with E-state index in [0.29, 0.717) is 37.4 Å². The maximum Gasteiger partial charge on any atom is 0.276 e. The molecule has 1 aliphatic rings. The molecular formula is C17H18N2O3. The Kier molecular flexibility index (Phi) is 4.04. The van der Waals surface area contributed by atoms with Crippen molar-refractivity contribution in [1.82, 2.24) is 10.1 Å². The van der Waals surface area contributed by atoms with Crippen molar-refractivity contribution in [2.24, 2.45) is 5.92 Å². The summed E-state index contributed by atoms with van der Waals surface area (Å²) in [6.07, 6.45) is 1.38. The molecular weight excluding hydrogens is 280 g/mol. The monoisotopic (exact) mass is 298 g/mol. The van der Waals surface area contributed by atoms with E-state index in [2.05, 4.69) is 5.16 Å². The third-order valence-corrected chi connectivity index (χ3v) is 4.06. The van der Waals surface area contributed by atoms with Gasteiger partial charge >= 0.3 is 0 Å². The fraction of sp³-hybridized carbons (Fsp3) is 0.353. The molecule has 3 rings (SSSR count). The molecule has 1 amide bonds. The Morgan fingerprint density at radius 2 is 1.86 bits per heavy atom. The molecule has 0 atom stereocenters. The van der Waals surface area contributed by atoms with Gasteiger partial charge in [0.25, 0.3) is 5.91 Å². The topological polar surface area (TPSA) is 63.4 Å². The summed E-state index contributed by atoms with van der Waals surface area (Å²) in [6, 6.07) is 11.0. The highest BCUT2D eigenvalue weighted by Gasteiger charge is 2.29. The van der Waals surface area contributed by atoms with E-state index in [4.69, 9.17) is 4.52 Å². The van der Waals surface area contributed by atoms with Crippen LogP contribution in [0.4, 0.5) is 0 Å². The molecule has 1 aromatic carbocycles. The lowest BCUT2D eigenvalue weighted by Gasteiger charge is -2.30. The van der Waals surface area contributed by atoms with Crippen LogP contribution in [0.1, 0.15) is 39.4 Å². The first-order chi connectivity index (χ1) is 10.6. The van der Waals surface area contributed by atoms with E-state index in [9.17, 15) is 9.59 Å². The number of Topliss-reactive ketones (excluding diaryl/α,β-unsaturated/α-hetero) is 1. The van der Waals surface area contributed by atoms with Crippen molar-refractivity contribution >= 4 is 11.7 Å². The molecule has 0 radical (unpaired) electrons. The third kappa shape index (κ3) is 2.93. The van der Waals surface area contributed by atoms with Crippen molar-refractivity contribution in [1.29, 1.82) is 0 Å². The van der Waals surface area contributed by atoms with Crippen molar-refractivity contribution < 1.29 is 14.1 Å². The van der Waals surface area contributed by atoms with E-state index >= 15 is 0 Å². The van der Waals surface area contributed by atoms with E-state index in [1.54, 1.807) is 17.9 Å². The summed E-state index contributed by atoms with van der Waals surface area (Å²) in [6.45, 7) is 2.91. The lowest BCUT2D eigenvalue weighted by atomic mass is 9.89. The van der Waals surface area contributed by atoms with E-state index < -0.39 is 0 Å². The average Bonchev–Trinajstić information content (AvgIpc) is 3.01. The van der Waals surface area contributed by atoms with Gasteiger partial charge in [-0.25, -0.2) is 0 Å². The van der Waals surface area contributed by atoms with E-state index in [0.717, 1.165) is 5.56 Å². The number of aryl methyl sites for hydroxylation is 1. The van der Waals surface area contributed by atoms with Gasteiger partial charge in [0.05, 0.1) is 0 Å². The molecule has 2 aromatic rings. The lowest BCUT2D eigenvalue weighted by Crippen LogP contribution is -2.40. The van der Waals surface area contributed by atoms with Crippen LogP contribution in [0.3, 0.4) is 0 Å². The highest BCUT2D eigenvalue weighted by atomic mass is 16.5. The molecule has 22 heavy (non-hydrogen) atoms. The van der Waals surface area contributed by atoms with E-state index in [1.165, 1.54) is 0 Å². The zero-order chi connectivity index (χ0) is 15.5. The fourth-order valence-electron chi connectivity index (χ4n) is 2.81. The van der Waals surface area contributed by atoms with Crippen LogP contribution in [0.2, 0.25) is 0 Å². The summed E-state index contributed by atoms with van der Waals surface area (Å²) in [5.74, 6) is 0.662. The van der Waals surface area contributed by atoms with Crippen molar-refractivity contribution in [2.75, 3.05) is 13.1 Å². The predicted molar refractivity (Wildman–Crippen MR) is 80.6 cm³/mol. The van der Waals surface area contributed by atoms with Crippen LogP contribution in [-0.4, -0.2) is 34.8 Å². The minimum atomic E-state index is -0.123. The van der Waals surface area contributed by atoms with E-state index in [1.807, 2.05) is 30.3 Å². The summed E-state index contributed by atoms with van der Waals surface area (Å²) in [5, 5.41) is 3.76. The Balaban J connectivity index is 1.61. The van der Waals surface area contributed by atoms with Crippen molar-refractivity contribution in [3.63, 3.8) is 0 Å². The zero-order valence-electron chi connectivity index (χ0n) is 12.5. The number of likely N-dealkylation sites (tertiary alicyclic amines) is 1. The Labute approximate surface area is 128 Å². The van der Waals surface area contributed by atoms with Gasteiger partial charge in [-0.3, -0.25) is 9.59 Å². The molecule has 2 heterocycles. The fourth-order valence-corrected chi connectivity index (χ4v) is 2.81. The first-order valence-corrected chi connectivity index (χ1v) is 7.47. The van der Waals surface area contributed by atoms with Gasteiger partial charge in [-0.15, -0.1) is 0 Å². The van der Waals surface area contributed by atoms with Crippen molar-refractivity contribution in [3.05, 3.63) is 53.4 Å². The number of rotatable bonds is 3. The summed E-state index contributed by atoms with van der Waals surface area (Å²) in [7, 11) is 0. The zero-order valence-corrected chi connectivity index (χ0v) is 12.5. The molecule has 5 nitrogen and oxygen atoms in total. The van der Waals surface area contributed by atoms with E-state index in [-0.39, 0.29) is 17.6 Å². The molecule has 1 fully saturated rings. The molecule has 1 saturated heterocycles. The quantitative estimate of drug-likeness (QED) is 0.817. The predicted octanol–water partition coefficient (Wildman–Crippen LogP) is 2.72. The summed E-state index contributed by atoms with van der Waals surface area (Å²) in [5.41, 5.74) is 1.09. The van der Waals surface area contributed by atoms with Crippen LogP contribution in [-0.2, 0) is 0 Å². The summed E-state index contributed by atoms with van der Waals surface area (Å²) in [4.78, 5) is 26.4. The molecule has 0 saturated carbocycles. The minimum absolute atomic E-state index is 0.00880. The van der Waals surface area contributed by atoms with Crippen molar-refractivity contribution in [3.8, 4) is 0 Å². The first kappa shape index (κ1) is 14.5. The molecule has 114 valence electrons. The molecule has 1 aliphatic heterocycles. The van der Waals surface area contributed by atoms with Gasteiger partial charge in [-0.2, -0.15) is 0 Å². The van der Waals surface area contributed by atoms with Gasteiger partial charge in [0, 0.05) is 30.6 Å². The van der Waals surface area contributed by atoms with Crippen LogP contribution in [0.15, 0.2) is 40.9 Å². The normalized spacial score (nSPS) is 15.8. The van der Waals surface area contributed by atoms with Crippen LogP contribution in [0, 0.1) is 12.8 Å². The number of hydrogen-bond donors (Lipinski definition) is 0. The molecule has 1 aromatic heterocycles. The van der Waals surface area contributed by atoms with Gasteiger partial charge in [-0.1, -0.05) is 35.5 Å². The number of aromatic nitrogens is 1. The number of amides is 1. The highest BCUT2D eigenvalue weighted by molar-refractivity contribution is 5.98. The minimum Gasteiger partial charge on any atom is -0.361 e. The number of benzene rings is 1. The number of ketones is 1. The smallest absolute Gasteiger partial charge is 0.276 e. The van der Waals surface area contributed by atoms with Crippen molar-refractivity contribution in [2.45, 2.75) is 19.8 Å². The van der Waals surface area contributed by atoms with Gasteiger partial charge < -0.3 is 9.42 Å². The second kappa shape index (κ2) is 6.13. The molecule has 5 heteroatoms. The molecule has 0 bridgehead atoms.